The Hall–Kier alpha value is -1.42. The zero-order valence-corrected chi connectivity index (χ0v) is 10.8. The van der Waals surface area contributed by atoms with Crippen LogP contribution >= 0.6 is 0 Å². The monoisotopic (exact) mass is 252 g/mol. The van der Waals surface area contributed by atoms with Gasteiger partial charge in [0, 0.05) is 12.5 Å². The fourth-order valence-electron chi connectivity index (χ4n) is 1.77. The van der Waals surface area contributed by atoms with Crippen LogP contribution in [0.5, 0.6) is 0 Å². The molecule has 1 rings (SSSR count). The Bertz CT molecular complexity index is 382. The van der Waals surface area contributed by atoms with Gasteiger partial charge in [0.05, 0.1) is 0 Å². The first-order chi connectivity index (χ1) is 8.63. The van der Waals surface area contributed by atoms with Gasteiger partial charge in [0.1, 0.15) is 5.82 Å². The summed E-state index contributed by atoms with van der Waals surface area (Å²) in [5.74, 6) is -0.399. The highest BCUT2D eigenvalue weighted by molar-refractivity contribution is 5.78. The van der Waals surface area contributed by atoms with Crippen LogP contribution in [-0.2, 0) is 11.2 Å². The van der Waals surface area contributed by atoms with Crippen LogP contribution in [-0.4, -0.2) is 19.0 Å². The van der Waals surface area contributed by atoms with Crippen molar-refractivity contribution in [1.82, 2.24) is 5.32 Å². The van der Waals surface area contributed by atoms with E-state index in [9.17, 15) is 9.18 Å². The Labute approximate surface area is 108 Å². The van der Waals surface area contributed by atoms with Crippen LogP contribution in [0, 0.1) is 11.7 Å². The molecule has 0 aliphatic carbocycles. The molecule has 0 aromatic heterocycles. The summed E-state index contributed by atoms with van der Waals surface area (Å²) >= 11 is 0. The molecule has 0 aliphatic heterocycles. The lowest BCUT2D eigenvalue weighted by Crippen LogP contribution is -2.31. The van der Waals surface area contributed by atoms with Crippen molar-refractivity contribution in [2.75, 3.05) is 13.1 Å². The summed E-state index contributed by atoms with van der Waals surface area (Å²) in [5.41, 5.74) is 6.22. The summed E-state index contributed by atoms with van der Waals surface area (Å²) in [6.07, 6.45) is 2.37. The molecule has 0 radical (unpaired) electrons. The first-order valence-corrected chi connectivity index (χ1v) is 6.35. The fourth-order valence-corrected chi connectivity index (χ4v) is 1.77. The molecule has 0 fully saturated rings. The van der Waals surface area contributed by atoms with Gasteiger partial charge >= 0.3 is 0 Å². The first kappa shape index (κ1) is 14.6. The van der Waals surface area contributed by atoms with Gasteiger partial charge in [-0.15, -0.1) is 0 Å². The maximum absolute atomic E-state index is 13.0. The third kappa shape index (κ3) is 5.27. The third-order valence-corrected chi connectivity index (χ3v) is 2.81. The fraction of sp³-hybridized carbons (Fsp3) is 0.500. The number of amides is 1. The maximum atomic E-state index is 13.0. The molecule has 0 bridgehead atoms. The Morgan fingerprint density at radius 3 is 2.89 bits per heavy atom. The smallest absolute Gasteiger partial charge is 0.223 e. The number of hydrogen-bond donors (Lipinski definition) is 2. The van der Waals surface area contributed by atoms with E-state index < -0.39 is 0 Å². The van der Waals surface area contributed by atoms with Gasteiger partial charge < -0.3 is 11.1 Å². The Kier molecular flexibility index (Phi) is 6.36. The van der Waals surface area contributed by atoms with Gasteiger partial charge in [0.25, 0.3) is 0 Å². The lowest BCUT2D eigenvalue weighted by Gasteiger charge is -2.12. The predicted octanol–water partition coefficient (Wildman–Crippen LogP) is 1.86. The molecule has 18 heavy (non-hydrogen) atoms. The highest BCUT2D eigenvalue weighted by Crippen LogP contribution is 2.10. The van der Waals surface area contributed by atoms with Gasteiger partial charge in [-0.05, 0) is 43.5 Å². The van der Waals surface area contributed by atoms with E-state index in [-0.39, 0.29) is 17.6 Å². The highest BCUT2D eigenvalue weighted by Gasteiger charge is 2.12. The second kappa shape index (κ2) is 7.82. The van der Waals surface area contributed by atoms with Crippen LogP contribution < -0.4 is 11.1 Å². The number of halogens is 1. The molecule has 1 atom stereocenters. The second-order valence-corrected chi connectivity index (χ2v) is 4.52. The van der Waals surface area contributed by atoms with E-state index in [2.05, 4.69) is 5.32 Å². The first-order valence-electron chi connectivity index (χ1n) is 6.35. The summed E-state index contributed by atoms with van der Waals surface area (Å²) in [6, 6.07) is 6.37. The largest absolute Gasteiger partial charge is 0.356 e. The summed E-state index contributed by atoms with van der Waals surface area (Å²) in [7, 11) is 0. The summed E-state index contributed by atoms with van der Waals surface area (Å²) < 4.78 is 13.0. The molecule has 0 saturated heterocycles. The van der Waals surface area contributed by atoms with Crippen molar-refractivity contribution in [1.29, 1.82) is 0 Å². The molecule has 0 spiro atoms. The molecule has 1 unspecified atom stereocenters. The number of unbranched alkanes of at least 4 members (excludes halogenated alkanes) is 1. The van der Waals surface area contributed by atoms with Crippen molar-refractivity contribution in [2.24, 2.45) is 11.7 Å². The van der Waals surface area contributed by atoms with Crippen molar-refractivity contribution in [3.8, 4) is 0 Å². The van der Waals surface area contributed by atoms with Gasteiger partial charge in [0.2, 0.25) is 5.91 Å². The van der Waals surface area contributed by atoms with Crippen molar-refractivity contribution in [2.45, 2.75) is 26.2 Å². The average Bonchev–Trinajstić information content (AvgIpc) is 2.34. The standard InChI is InChI=1S/C14H21FN2O/c1-11(14(18)17-8-3-2-7-16)9-12-5-4-6-13(15)10-12/h4-6,10-11H,2-3,7-9,16H2,1H3,(H,17,18). The van der Waals surface area contributed by atoms with E-state index in [0.29, 0.717) is 19.5 Å². The molecular formula is C14H21FN2O. The number of nitrogens with one attached hydrogen (secondary N) is 1. The minimum atomic E-state index is -0.261. The average molecular weight is 252 g/mol. The summed E-state index contributed by atoms with van der Waals surface area (Å²) in [5, 5.41) is 2.86. The van der Waals surface area contributed by atoms with E-state index in [4.69, 9.17) is 5.73 Å². The Morgan fingerprint density at radius 2 is 2.22 bits per heavy atom. The molecule has 0 aliphatic rings. The van der Waals surface area contributed by atoms with Gasteiger partial charge in [-0.3, -0.25) is 4.79 Å². The number of benzene rings is 1. The van der Waals surface area contributed by atoms with Crippen LogP contribution in [0.1, 0.15) is 25.3 Å². The van der Waals surface area contributed by atoms with E-state index in [1.807, 2.05) is 13.0 Å². The third-order valence-electron chi connectivity index (χ3n) is 2.81. The minimum absolute atomic E-state index is 0.0104. The second-order valence-electron chi connectivity index (χ2n) is 4.52. The van der Waals surface area contributed by atoms with Crippen molar-refractivity contribution in [3.05, 3.63) is 35.6 Å². The quantitative estimate of drug-likeness (QED) is 0.728. The summed E-state index contributed by atoms with van der Waals surface area (Å²) in [4.78, 5) is 11.8. The molecule has 100 valence electrons. The SMILES string of the molecule is CC(Cc1cccc(F)c1)C(=O)NCCCCN. The molecule has 4 heteroatoms. The van der Waals surface area contributed by atoms with Crippen LogP contribution in [0.15, 0.2) is 24.3 Å². The maximum Gasteiger partial charge on any atom is 0.223 e. The minimum Gasteiger partial charge on any atom is -0.356 e. The van der Waals surface area contributed by atoms with Crippen molar-refractivity contribution >= 4 is 5.91 Å². The van der Waals surface area contributed by atoms with Gasteiger partial charge in [-0.25, -0.2) is 4.39 Å². The van der Waals surface area contributed by atoms with E-state index in [1.165, 1.54) is 12.1 Å². The molecule has 1 aromatic carbocycles. The van der Waals surface area contributed by atoms with Gasteiger partial charge in [-0.1, -0.05) is 19.1 Å². The molecule has 3 nitrogen and oxygen atoms in total. The molecule has 1 amide bonds. The van der Waals surface area contributed by atoms with Crippen molar-refractivity contribution < 1.29 is 9.18 Å². The number of carbonyl (C=O) groups is 1. The predicted molar refractivity (Wildman–Crippen MR) is 70.6 cm³/mol. The highest BCUT2D eigenvalue weighted by atomic mass is 19.1. The van der Waals surface area contributed by atoms with Crippen LogP contribution in [0.25, 0.3) is 0 Å². The van der Waals surface area contributed by atoms with E-state index in [1.54, 1.807) is 6.07 Å². The van der Waals surface area contributed by atoms with E-state index >= 15 is 0 Å². The number of hydrogen-bond acceptors (Lipinski definition) is 2. The number of nitrogens with two attached hydrogens (primary N) is 1. The number of carbonyl (C=O) groups excluding carboxylic acids is 1. The van der Waals surface area contributed by atoms with E-state index in [0.717, 1.165) is 18.4 Å². The Balaban J connectivity index is 2.35. The van der Waals surface area contributed by atoms with Crippen molar-refractivity contribution in [3.63, 3.8) is 0 Å². The normalized spacial score (nSPS) is 12.2. The lowest BCUT2D eigenvalue weighted by molar-refractivity contribution is -0.124. The molecule has 0 heterocycles. The zero-order valence-electron chi connectivity index (χ0n) is 10.8. The molecule has 0 saturated carbocycles. The van der Waals surface area contributed by atoms with Crippen LogP contribution in [0.4, 0.5) is 4.39 Å². The molecule has 1 aromatic rings. The molecular weight excluding hydrogens is 231 g/mol. The van der Waals surface area contributed by atoms with Gasteiger partial charge in [-0.2, -0.15) is 0 Å². The lowest BCUT2D eigenvalue weighted by atomic mass is 10.0. The van der Waals surface area contributed by atoms with Crippen LogP contribution in [0.2, 0.25) is 0 Å². The summed E-state index contributed by atoms with van der Waals surface area (Å²) in [6.45, 7) is 3.15. The Morgan fingerprint density at radius 1 is 1.44 bits per heavy atom. The van der Waals surface area contributed by atoms with Gasteiger partial charge in [0.15, 0.2) is 0 Å². The topological polar surface area (TPSA) is 55.1 Å². The zero-order chi connectivity index (χ0) is 13.4. The molecule has 3 N–H and O–H groups in total. The number of rotatable bonds is 7. The van der Waals surface area contributed by atoms with Crippen LogP contribution in [0.3, 0.4) is 0 Å².